The zero-order valence-electron chi connectivity index (χ0n) is 20.0. The molecule has 0 aliphatic rings. The second kappa shape index (κ2) is 12.8. The molecule has 3 aromatic carbocycles. The van der Waals surface area contributed by atoms with E-state index in [0.29, 0.717) is 27.8 Å². The van der Waals surface area contributed by atoms with Crippen molar-refractivity contribution in [3.05, 3.63) is 73.7 Å². The third-order valence-corrected chi connectivity index (χ3v) is 8.04. The van der Waals surface area contributed by atoms with Gasteiger partial charge in [-0.25, -0.2) is 4.79 Å². The molecule has 1 atom stereocenters. The fraction of sp³-hybridized carbons (Fsp3) is 0.160. The molecule has 0 bridgehead atoms. The van der Waals surface area contributed by atoms with Gasteiger partial charge in [0.15, 0.2) is 0 Å². The summed E-state index contributed by atoms with van der Waals surface area (Å²) < 4.78 is 10.5. The van der Waals surface area contributed by atoms with E-state index >= 15 is 0 Å². The first-order chi connectivity index (χ1) is 18.0. The van der Waals surface area contributed by atoms with Crippen LogP contribution < -0.4 is 20.1 Å². The van der Waals surface area contributed by atoms with Gasteiger partial charge in [-0.05, 0) is 37.3 Å². The summed E-state index contributed by atoms with van der Waals surface area (Å²) in [6.07, 6.45) is 0. The number of methoxy groups -OCH3 is 2. The lowest BCUT2D eigenvalue weighted by Crippen LogP contribution is -2.22. The van der Waals surface area contributed by atoms with Crippen LogP contribution in [0.5, 0.6) is 11.5 Å². The minimum Gasteiger partial charge on any atom is -0.497 e. The highest BCUT2D eigenvalue weighted by Crippen LogP contribution is 2.42. The number of anilines is 2. The summed E-state index contributed by atoms with van der Waals surface area (Å²) in [4.78, 5) is 38.3. The Bertz CT molecular complexity index is 1420. The number of rotatable bonds is 9. The van der Waals surface area contributed by atoms with E-state index in [-0.39, 0.29) is 21.0 Å². The van der Waals surface area contributed by atoms with Crippen LogP contribution in [-0.2, 0) is 4.79 Å². The Morgan fingerprint density at radius 2 is 1.53 bits per heavy atom. The molecule has 8 nitrogen and oxygen atoms in total. The summed E-state index contributed by atoms with van der Waals surface area (Å²) in [5.41, 5.74) is -0.205. The average molecular weight is 618 g/mol. The number of carbonyl (C=O) groups excluding carboxylic acids is 2. The molecule has 0 radical (unpaired) electrons. The Morgan fingerprint density at radius 1 is 0.868 bits per heavy atom. The van der Waals surface area contributed by atoms with Gasteiger partial charge in [-0.1, -0.05) is 52.5 Å². The fourth-order valence-electron chi connectivity index (χ4n) is 3.28. The summed E-state index contributed by atoms with van der Waals surface area (Å²) in [5, 5.41) is 13.2. The first-order valence-electron chi connectivity index (χ1n) is 10.7. The second-order valence-corrected chi connectivity index (χ2v) is 10.5. The lowest BCUT2D eigenvalue weighted by molar-refractivity contribution is -0.115. The maximum Gasteiger partial charge on any atom is 0.338 e. The van der Waals surface area contributed by atoms with Crippen LogP contribution in [0.1, 0.15) is 27.6 Å². The van der Waals surface area contributed by atoms with Crippen molar-refractivity contribution in [3.8, 4) is 11.5 Å². The van der Waals surface area contributed by atoms with Crippen LogP contribution in [-0.4, -0.2) is 42.4 Å². The van der Waals surface area contributed by atoms with Crippen LogP contribution in [0.3, 0.4) is 0 Å². The molecule has 0 saturated carbocycles. The summed E-state index contributed by atoms with van der Waals surface area (Å²) in [6.45, 7) is 1.72. The lowest BCUT2D eigenvalue weighted by atomic mass is 10.1. The maximum absolute atomic E-state index is 13.0. The molecule has 0 aromatic heterocycles. The van der Waals surface area contributed by atoms with Crippen molar-refractivity contribution in [1.29, 1.82) is 0 Å². The van der Waals surface area contributed by atoms with Crippen molar-refractivity contribution in [1.82, 2.24) is 0 Å². The number of carboxylic acids is 1. The molecule has 13 heteroatoms. The van der Waals surface area contributed by atoms with Gasteiger partial charge in [-0.3, -0.25) is 9.59 Å². The van der Waals surface area contributed by atoms with Crippen molar-refractivity contribution in [2.45, 2.75) is 17.1 Å². The zero-order chi connectivity index (χ0) is 28.1. The first kappa shape index (κ1) is 29.7. The van der Waals surface area contributed by atoms with E-state index in [1.165, 1.54) is 26.0 Å². The highest BCUT2D eigenvalue weighted by Gasteiger charge is 2.29. The van der Waals surface area contributed by atoms with Gasteiger partial charge >= 0.3 is 5.97 Å². The van der Waals surface area contributed by atoms with Crippen LogP contribution in [0.15, 0.2) is 47.4 Å². The van der Waals surface area contributed by atoms with Gasteiger partial charge in [0.05, 0.1) is 56.4 Å². The van der Waals surface area contributed by atoms with Gasteiger partial charge in [0.2, 0.25) is 5.91 Å². The Kier molecular flexibility index (Phi) is 10.0. The molecule has 3 aromatic rings. The predicted octanol–water partition coefficient (Wildman–Crippen LogP) is 7.39. The number of hydrogen-bond donors (Lipinski definition) is 3. The van der Waals surface area contributed by atoms with Crippen molar-refractivity contribution >= 4 is 87.3 Å². The number of halogens is 4. The molecule has 38 heavy (non-hydrogen) atoms. The van der Waals surface area contributed by atoms with Crippen LogP contribution in [0.2, 0.25) is 20.1 Å². The van der Waals surface area contributed by atoms with Gasteiger partial charge in [0.25, 0.3) is 5.91 Å². The summed E-state index contributed by atoms with van der Waals surface area (Å²) in [5.74, 6) is -1.61. The minimum absolute atomic E-state index is 0.244. The Balaban J connectivity index is 1.77. The van der Waals surface area contributed by atoms with Crippen LogP contribution in [0.25, 0.3) is 0 Å². The highest BCUT2D eigenvalue weighted by molar-refractivity contribution is 8.00. The van der Waals surface area contributed by atoms with E-state index in [1.54, 1.807) is 49.4 Å². The monoisotopic (exact) mass is 616 g/mol. The Labute approximate surface area is 242 Å². The van der Waals surface area contributed by atoms with Crippen molar-refractivity contribution in [2.24, 2.45) is 0 Å². The average Bonchev–Trinajstić information content (AvgIpc) is 2.89. The topological polar surface area (TPSA) is 114 Å². The highest BCUT2D eigenvalue weighted by atomic mass is 35.5. The molecule has 0 fully saturated rings. The minimum atomic E-state index is -1.50. The van der Waals surface area contributed by atoms with E-state index in [4.69, 9.17) is 55.9 Å². The van der Waals surface area contributed by atoms with Gasteiger partial charge < -0.3 is 25.2 Å². The van der Waals surface area contributed by atoms with E-state index in [0.717, 1.165) is 0 Å². The third kappa shape index (κ3) is 6.59. The smallest absolute Gasteiger partial charge is 0.338 e. The van der Waals surface area contributed by atoms with E-state index in [2.05, 4.69) is 10.6 Å². The summed E-state index contributed by atoms with van der Waals surface area (Å²) >= 11 is 25.4. The molecule has 2 amide bonds. The van der Waals surface area contributed by atoms with Crippen LogP contribution in [0, 0.1) is 0 Å². The van der Waals surface area contributed by atoms with Crippen LogP contribution >= 0.6 is 58.2 Å². The van der Waals surface area contributed by atoms with Crippen molar-refractivity contribution in [2.75, 3.05) is 24.9 Å². The standard InChI is InChI=1S/C25H20Cl4N2O6S/c1-11(23(32)31-15-8-7-13(36-2)10-16(15)37-3)38-14-6-4-5-12(9-14)30-24(33)17-18(25(34)35)20(27)22(29)21(28)19(17)26/h4-11H,1-3H3,(H,30,33)(H,31,32)(H,34,35). The molecule has 0 aliphatic carbocycles. The molecule has 3 N–H and O–H groups in total. The molecule has 0 spiro atoms. The number of aromatic carboxylic acids is 1. The Morgan fingerprint density at radius 3 is 2.13 bits per heavy atom. The van der Waals surface area contributed by atoms with Crippen molar-refractivity contribution < 1.29 is 29.0 Å². The normalized spacial score (nSPS) is 11.4. The van der Waals surface area contributed by atoms with Gasteiger partial charge in [-0.15, -0.1) is 11.8 Å². The molecular weight excluding hydrogens is 598 g/mol. The van der Waals surface area contributed by atoms with Crippen LogP contribution in [0.4, 0.5) is 11.4 Å². The fourth-order valence-corrected chi connectivity index (χ4v) is 5.23. The number of benzene rings is 3. The zero-order valence-corrected chi connectivity index (χ0v) is 23.9. The number of nitrogens with one attached hydrogen (secondary N) is 2. The van der Waals surface area contributed by atoms with Gasteiger partial charge in [-0.2, -0.15) is 0 Å². The number of amides is 2. The molecule has 1 unspecified atom stereocenters. The molecule has 0 aliphatic heterocycles. The predicted molar refractivity (Wildman–Crippen MR) is 151 cm³/mol. The first-order valence-corrected chi connectivity index (χ1v) is 13.1. The largest absolute Gasteiger partial charge is 0.497 e. The molecule has 3 rings (SSSR count). The Hall–Kier alpha value is -2.82. The van der Waals surface area contributed by atoms with E-state index in [1.807, 2.05) is 0 Å². The van der Waals surface area contributed by atoms with E-state index < -0.39 is 33.3 Å². The number of carbonyl (C=O) groups is 3. The second-order valence-electron chi connectivity index (χ2n) is 7.61. The SMILES string of the molecule is COc1ccc(NC(=O)C(C)Sc2cccc(NC(=O)c3c(Cl)c(Cl)c(Cl)c(Cl)c3C(=O)O)c2)c(OC)c1. The quantitative estimate of drug-likeness (QED) is 0.130. The van der Waals surface area contributed by atoms with Gasteiger partial charge in [0.1, 0.15) is 11.5 Å². The molecule has 0 saturated heterocycles. The summed E-state index contributed by atoms with van der Waals surface area (Å²) in [7, 11) is 3.02. The summed E-state index contributed by atoms with van der Waals surface area (Å²) in [6, 6.07) is 11.7. The molecular formula is C25H20Cl4N2O6S. The molecule has 200 valence electrons. The third-order valence-electron chi connectivity index (χ3n) is 5.15. The number of carboxylic acid groups (broad SMARTS) is 1. The number of hydrogen-bond acceptors (Lipinski definition) is 6. The lowest BCUT2D eigenvalue weighted by Gasteiger charge is -2.16. The van der Waals surface area contributed by atoms with Gasteiger partial charge in [0, 0.05) is 16.6 Å². The number of thioether (sulfide) groups is 1. The van der Waals surface area contributed by atoms with Crippen molar-refractivity contribution in [3.63, 3.8) is 0 Å². The van der Waals surface area contributed by atoms with E-state index in [9.17, 15) is 19.5 Å². The number of ether oxygens (including phenoxy) is 2. The molecule has 0 heterocycles. The maximum atomic E-state index is 13.0.